The monoisotopic (exact) mass is 519 g/mol. The molecule has 1 aromatic heterocycles. The lowest BCUT2D eigenvalue weighted by Gasteiger charge is -2.37. The van der Waals surface area contributed by atoms with Crippen LogP contribution in [0.15, 0.2) is 52.9 Å². The van der Waals surface area contributed by atoms with Crippen LogP contribution in [-0.2, 0) is 4.79 Å². The van der Waals surface area contributed by atoms with Gasteiger partial charge in [-0.3, -0.25) is 9.59 Å². The van der Waals surface area contributed by atoms with Crippen molar-refractivity contribution in [2.75, 3.05) is 36.4 Å². The minimum absolute atomic E-state index is 0.00716. The van der Waals surface area contributed by atoms with Crippen LogP contribution in [0.5, 0.6) is 0 Å². The SMILES string of the molecule is CC(C)C(=O)N1CCN(c2ccc(NC(=O)c3ccc(-c4ccc(Cl)c(Cl)c4)o3)cc2Cl)CC1. The second kappa shape index (κ2) is 10.3. The van der Waals surface area contributed by atoms with Gasteiger partial charge in [0.25, 0.3) is 5.91 Å². The van der Waals surface area contributed by atoms with Crippen LogP contribution < -0.4 is 10.2 Å². The Kier molecular flexibility index (Phi) is 7.41. The molecule has 0 aliphatic carbocycles. The normalized spacial score (nSPS) is 13.9. The van der Waals surface area contributed by atoms with Crippen molar-refractivity contribution in [3.63, 3.8) is 0 Å². The van der Waals surface area contributed by atoms with E-state index in [0.717, 1.165) is 11.3 Å². The van der Waals surface area contributed by atoms with E-state index >= 15 is 0 Å². The number of carbonyl (C=O) groups is 2. The summed E-state index contributed by atoms with van der Waals surface area (Å²) in [6, 6.07) is 13.8. The number of hydrogen-bond donors (Lipinski definition) is 1. The van der Waals surface area contributed by atoms with Gasteiger partial charge in [-0.15, -0.1) is 0 Å². The number of anilines is 2. The van der Waals surface area contributed by atoms with E-state index in [1.807, 2.05) is 24.8 Å². The Morgan fingerprint density at radius 1 is 0.882 bits per heavy atom. The minimum atomic E-state index is -0.393. The molecule has 2 heterocycles. The van der Waals surface area contributed by atoms with Gasteiger partial charge in [-0.05, 0) is 48.5 Å². The Hall–Kier alpha value is -2.67. The molecule has 1 fully saturated rings. The lowest BCUT2D eigenvalue weighted by Crippen LogP contribution is -2.50. The van der Waals surface area contributed by atoms with Crippen LogP contribution >= 0.6 is 34.8 Å². The molecule has 2 aromatic carbocycles. The first-order chi connectivity index (χ1) is 16.2. The molecule has 34 heavy (non-hydrogen) atoms. The number of furan rings is 1. The maximum atomic E-state index is 12.7. The summed E-state index contributed by atoms with van der Waals surface area (Å²) in [4.78, 5) is 28.9. The maximum absolute atomic E-state index is 12.7. The van der Waals surface area contributed by atoms with E-state index in [1.165, 1.54) is 0 Å². The predicted octanol–water partition coefficient (Wildman–Crippen LogP) is 6.46. The molecule has 9 heteroatoms. The van der Waals surface area contributed by atoms with Gasteiger partial charge in [0.15, 0.2) is 5.76 Å². The first kappa shape index (κ1) is 24.5. The van der Waals surface area contributed by atoms with Gasteiger partial charge in [0, 0.05) is 43.3 Å². The second-order valence-electron chi connectivity index (χ2n) is 8.38. The van der Waals surface area contributed by atoms with Gasteiger partial charge in [-0.2, -0.15) is 0 Å². The summed E-state index contributed by atoms with van der Waals surface area (Å²) >= 11 is 18.6. The lowest BCUT2D eigenvalue weighted by atomic mass is 10.1. The number of piperazine rings is 1. The Morgan fingerprint density at radius 2 is 1.62 bits per heavy atom. The number of carbonyl (C=O) groups excluding carboxylic acids is 2. The van der Waals surface area contributed by atoms with Crippen molar-refractivity contribution in [1.82, 2.24) is 4.90 Å². The average molecular weight is 521 g/mol. The maximum Gasteiger partial charge on any atom is 0.291 e. The van der Waals surface area contributed by atoms with Crippen LogP contribution in [0.1, 0.15) is 24.4 Å². The second-order valence-corrected chi connectivity index (χ2v) is 9.60. The first-order valence-electron chi connectivity index (χ1n) is 10.9. The fourth-order valence-electron chi connectivity index (χ4n) is 3.83. The topological polar surface area (TPSA) is 65.8 Å². The Morgan fingerprint density at radius 3 is 2.26 bits per heavy atom. The summed E-state index contributed by atoms with van der Waals surface area (Å²) in [7, 11) is 0. The van der Waals surface area contributed by atoms with Crippen molar-refractivity contribution in [3.8, 4) is 11.3 Å². The molecule has 2 amide bonds. The van der Waals surface area contributed by atoms with E-state index in [1.54, 1.807) is 42.5 Å². The highest BCUT2D eigenvalue weighted by Gasteiger charge is 2.24. The highest BCUT2D eigenvalue weighted by Crippen LogP contribution is 2.32. The van der Waals surface area contributed by atoms with Crippen molar-refractivity contribution in [2.24, 2.45) is 5.92 Å². The molecule has 0 bridgehead atoms. The third-order valence-corrected chi connectivity index (χ3v) is 6.71. The predicted molar refractivity (Wildman–Crippen MR) is 137 cm³/mol. The van der Waals surface area contributed by atoms with Gasteiger partial charge >= 0.3 is 0 Å². The van der Waals surface area contributed by atoms with Gasteiger partial charge < -0.3 is 19.5 Å². The number of hydrogen-bond acceptors (Lipinski definition) is 4. The van der Waals surface area contributed by atoms with Crippen molar-refractivity contribution in [2.45, 2.75) is 13.8 Å². The fraction of sp³-hybridized carbons (Fsp3) is 0.280. The molecule has 0 radical (unpaired) electrons. The van der Waals surface area contributed by atoms with E-state index in [9.17, 15) is 9.59 Å². The third kappa shape index (κ3) is 5.35. The zero-order valence-electron chi connectivity index (χ0n) is 18.8. The van der Waals surface area contributed by atoms with E-state index in [0.29, 0.717) is 52.7 Å². The molecule has 178 valence electrons. The average Bonchev–Trinajstić information content (AvgIpc) is 3.31. The molecule has 0 atom stereocenters. The molecular weight excluding hydrogens is 497 g/mol. The highest BCUT2D eigenvalue weighted by molar-refractivity contribution is 6.42. The number of nitrogens with zero attached hydrogens (tertiary/aromatic N) is 2. The highest BCUT2D eigenvalue weighted by atomic mass is 35.5. The Balaban J connectivity index is 1.40. The van der Waals surface area contributed by atoms with Crippen LogP contribution in [0.3, 0.4) is 0 Å². The van der Waals surface area contributed by atoms with Crippen molar-refractivity contribution < 1.29 is 14.0 Å². The van der Waals surface area contributed by atoms with E-state index in [2.05, 4.69) is 10.2 Å². The molecule has 4 rings (SSSR count). The molecule has 0 saturated carbocycles. The summed E-state index contributed by atoms with van der Waals surface area (Å²) in [5.41, 5.74) is 2.15. The number of benzene rings is 2. The fourth-order valence-corrected chi connectivity index (χ4v) is 4.43. The van der Waals surface area contributed by atoms with Crippen LogP contribution in [-0.4, -0.2) is 42.9 Å². The quantitative estimate of drug-likeness (QED) is 0.419. The molecule has 6 nitrogen and oxygen atoms in total. The summed E-state index contributed by atoms with van der Waals surface area (Å²) < 4.78 is 5.71. The van der Waals surface area contributed by atoms with Gasteiger partial charge in [-0.1, -0.05) is 48.7 Å². The number of rotatable bonds is 5. The summed E-state index contributed by atoms with van der Waals surface area (Å²) in [5.74, 6) is 0.437. The largest absolute Gasteiger partial charge is 0.451 e. The summed E-state index contributed by atoms with van der Waals surface area (Å²) in [5, 5.41) is 4.19. The number of nitrogens with one attached hydrogen (secondary N) is 1. The van der Waals surface area contributed by atoms with Gasteiger partial charge in [0.05, 0.1) is 20.8 Å². The molecule has 3 aromatic rings. The van der Waals surface area contributed by atoms with Crippen molar-refractivity contribution in [1.29, 1.82) is 0 Å². The minimum Gasteiger partial charge on any atom is -0.451 e. The number of amides is 2. The molecule has 1 saturated heterocycles. The van der Waals surface area contributed by atoms with Gasteiger partial charge in [0.1, 0.15) is 5.76 Å². The number of halogens is 3. The van der Waals surface area contributed by atoms with Crippen LogP contribution in [0.25, 0.3) is 11.3 Å². The summed E-state index contributed by atoms with van der Waals surface area (Å²) in [6.45, 7) is 6.54. The molecule has 1 aliphatic heterocycles. The Bertz CT molecular complexity index is 1220. The van der Waals surface area contributed by atoms with Crippen molar-refractivity contribution >= 4 is 58.0 Å². The Labute approximate surface area is 213 Å². The van der Waals surface area contributed by atoms with Crippen LogP contribution in [0.4, 0.5) is 11.4 Å². The van der Waals surface area contributed by atoms with E-state index < -0.39 is 5.91 Å². The standard InChI is InChI=1S/C25H24Cl3N3O3/c1-15(2)25(33)31-11-9-30(10-12-31)21-6-4-17(14-20(21)28)29-24(32)23-8-7-22(34-23)16-3-5-18(26)19(27)13-16/h3-8,13-15H,9-12H2,1-2H3,(H,29,32). The summed E-state index contributed by atoms with van der Waals surface area (Å²) in [6.07, 6.45) is 0. The molecule has 0 unspecified atom stereocenters. The van der Waals surface area contributed by atoms with E-state index in [-0.39, 0.29) is 17.6 Å². The lowest BCUT2D eigenvalue weighted by molar-refractivity contribution is -0.134. The smallest absolute Gasteiger partial charge is 0.291 e. The van der Waals surface area contributed by atoms with Crippen molar-refractivity contribution in [3.05, 3.63) is 69.4 Å². The molecule has 0 spiro atoms. The van der Waals surface area contributed by atoms with Gasteiger partial charge in [0.2, 0.25) is 5.91 Å². The zero-order chi connectivity index (χ0) is 24.4. The van der Waals surface area contributed by atoms with E-state index in [4.69, 9.17) is 39.2 Å². The molecule has 1 aliphatic rings. The van der Waals surface area contributed by atoms with Crippen LogP contribution in [0, 0.1) is 5.92 Å². The first-order valence-corrected chi connectivity index (χ1v) is 12.1. The zero-order valence-corrected chi connectivity index (χ0v) is 21.0. The molecule has 1 N–H and O–H groups in total. The molecular formula is C25H24Cl3N3O3. The third-order valence-electron chi connectivity index (χ3n) is 5.67. The van der Waals surface area contributed by atoms with Gasteiger partial charge in [-0.25, -0.2) is 0 Å². The van der Waals surface area contributed by atoms with Crippen LogP contribution in [0.2, 0.25) is 15.1 Å².